The fraction of sp³-hybridized carbons (Fsp3) is 0.754. The average Bonchev–Trinajstić information content (AvgIpc) is 3.45. The van der Waals surface area contributed by atoms with Gasteiger partial charge in [-0.15, -0.1) is 0 Å². The highest BCUT2D eigenvalue weighted by atomic mass is 16.7. The number of aliphatic hydroxyl groups excluding tert-OH is 8. The molecule has 2 saturated heterocycles. The van der Waals surface area contributed by atoms with Gasteiger partial charge in [-0.2, -0.15) is 0 Å². The number of aliphatic hydroxyl groups is 8. The fourth-order valence-corrected chi connectivity index (χ4v) is 10.3. The first-order valence-corrected chi connectivity index (χ1v) is 33.0. The van der Waals surface area contributed by atoms with Gasteiger partial charge in [-0.1, -0.05) is 252 Å². The molecular formula is C69H119NO13. The molecule has 0 aromatic carbocycles. The molecule has 12 unspecified atom stereocenters. The van der Waals surface area contributed by atoms with E-state index in [1.54, 1.807) is 6.08 Å². The van der Waals surface area contributed by atoms with Crippen molar-refractivity contribution in [2.75, 3.05) is 19.8 Å². The van der Waals surface area contributed by atoms with Crippen LogP contribution in [0.15, 0.2) is 97.2 Å². The Hall–Kier alpha value is -3.09. The summed E-state index contributed by atoms with van der Waals surface area (Å²) in [7, 11) is 0. The highest BCUT2D eigenvalue weighted by Gasteiger charge is 2.51. The van der Waals surface area contributed by atoms with E-state index in [0.717, 1.165) is 89.9 Å². The Morgan fingerprint density at radius 2 is 0.831 bits per heavy atom. The van der Waals surface area contributed by atoms with Gasteiger partial charge >= 0.3 is 0 Å². The van der Waals surface area contributed by atoms with Crippen molar-refractivity contribution in [3.05, 3.63) is 97.2 Å². The summed E-state index contributed by atoms with van der Waals surface area (Å²) in [5, 5.41) is 86.8. The quantitative estimate of drug-likeness (QED) is 0.0204. The molecule has 2 aliphatic rings. The Bertz CT molecular complexity index is 1760. The van der Waals surface area contributed by atoms with E-state index in [4.69, 9.17) is 18.9 Å². The topological polar surface area (TPSA) is 228 Å². The Kier molecular flexibility index (Phi) is 48.7. The van der Waals surface area contributed by atoms with Crippen LogP contribution in [0.3, 0.4) is 0 Å². The first kappa shape index (κ1) is 76.0. The molecule has 478 valence electrons. The lowest BCUT2D eigenvalue weighted by Crippen LogP contribution is -2.65. The largest absolute Gasteiger partial charge is 0.394 e. The number of carbonyl (C=O) groups excluding carboxylic acids is 1. The fourth-order valence-electron chi connectivity index (χ4n) is 10.3. The third kappa shape index (κ3) is 37.9. The van der Waals surface area contributed by atoms with Crippen molar-refractivity contribution >= 4 is 5.91 Å². The summed E-state index contributed by atoms with van der Waals surface area (Å²) in [6, 6.07) is -0.914. The standard InChI is InChI=1S/C69H119NO13/c1-3-5-7-9-11-13-14-15-16-17-18-19-20-21-22-23-24-25-26-27-28-29-30-31-32-33-34-35-36-37-38-39-40-41-42-43-44-45-47-49-51-53-61(74)70-57(58(73)52-50-48-46-12-10-8-6-4-2)56-80-68-66(79)64(77)67(60(55-72)82-68)83-69-65(78)63(76)62(75)59(54-71)81-69/h5,7,11,13,15-16,18-19,21-22,24-25,27-28,50,52,57-60,62-69,71-73,75-79H,3-4,6,8-10,12,14,17,20,23,26,29-49,51,53-56H2,1-2H3,(H,70,74)/b7-5-,13-11-,16-15-,19-18-,22-21-,25-24-,28-27-,52-50+. The van der Waals surface area contributed by atoms with E-state index in [9.17, 15) is 45.6 Å². The Morgan fingerprint density at radius 1 is 0.446 bits per heavy atom. The molecule has 0 aromatic heterocycles. The third-order valence-electron chi connectivity index (χ3n) is 15.5. The summed E-state index contributed by atoms with van der Waals surface area (Å²) < 4.78 is 22.7. The zero-order chi connectivity index (χ0) is 60.2. The van der Waals surface area contributed by atoms with Crippen LogP contribution in [0.1, 0.15) is 239 Å². The molecule has 2 rings (SSSR count). The van der Waals surface area contributed by atoms with E-state index in [2.05, 4.69) is 104 Å². The molecule has 2 heterocycles. The molecule has 83 heavy (non-hydrogen) atoms. The van der Waals surface area contributed by atoms with E-state index in [-0.39, 0.29) is 18.9 Å². The molecule has 0 radical (unpaired) electrons. The molecule has 0 bridgehead atoms. The summed E-state index contributed by atoms with van der Waals surface area (Å²) in [6.07, 6.45) is 58.0. The van der Waals surface area contributed by atoms with Crippen molar-refractivity contribution in [2.45, 2.75) is 312 Å². The van der Waals surface area contributed by atoms with Gasteiger partial charge in [-0.25, -0.2) is 0 Å². The summed E-state index contributed by atoms with van der Waals surface area (Å²) in [4.78, 5) is 13.2. The van der Waals surface area contributed by atoms with Crippen LogP contribution >= 0.6 is 0 Å². The lowest BCUT2D eigenvalue weighted by Gasteiger charge is -2.46. The number of hydrogen-bond acceptors (Lipinski definition) is 13. The second kappa shape index (κ2) is 53.2. The minimum Gasteiger partial charge on any atom is -0.394 e. The molecular weight excluding hydrogens is 1050 g/mol. The van der Waals surface area contributed by atoms with Crippen LogP contribution in [-0.2, 0) is 23.7 Å². The maximum atomic E-state index is 13.2. The van der Waals surface area contributed by atoms with Gasteiger partial charge in [0.25, 0.3) is 0 Å². The molecule has 0 spiro atoms. The zero-order valence-electron chi connectivity index (χ0n) is 51.7. The van der Waals surface area contributed by atoms with Gasteiger partial charge in [-0.3, -0.25) is 4.79 Å². The molecule has 14 heteroatoms. The summed E-state index contributed by atoms with van der Waals surface area (Å²) in [5.74, 6) is -0.243. The van der Waals surface area contributed by atoms with Gasteiger partial charge in [0.2, 0.25) is 5.91 Å². The van der Waals surface area contributed by atoms with Crippen LogP contribution in [0.5, 0.6) is 0 Å². The lowest BCUT2D eigenvalue weighted by molar-refractivity contribution is -0.359. The molecule has 2 fully saturated rings. The van der Waals surface area contributed by atoms with Gasteiger partial charge in [0.1, 0.15) is 48.8 Å². The first-order valence-electron chi connectivity index (χ1n) is 33.0. The molecule has 0 saturated carbocycles. The first-order chi connectivity index (χ1) is 40.6. The van der Waals surface area contributed by atoms with Gasteiger partial charge in [-0.05, 0) is 77.0 Å². The van der Waals surface area contributed by atoms with Gasteiger partial charge in [0, 0.05) is 6.42 Å². The number of allylic oxidation sites excluding steroid dienone is 15. The Morgan fingerprint density at radius 3 is 1.28 bits per heavy atom. The number of unbranched alkanes of at least 4 members (excludes halogenated alkanes) is 25. The van der Waals surface area contributed by atoms with Gasteiger partial charge in [0.15, 0.2) is 12.6 Å². The minimum atomic E-state index is -1.79. The lowest BCUT2D eigenvalue weighted by atomic mass is 9.97. The number of rotatable bonds is 52. The van der Waals surface area contributed by atoms with Crippen LogP contribution in [0, 0.1) is 0 Å². The van der Waals surface area contributed by atoms with Crippen LogP contribution in [-0.4, -0.2) is 140 Å². The van der Waals surface area contributed by atoms with Gasteiger partial charge in [0.05, 0.1) is 32.0 Å². The minimum absolute atomic E-state index is 0.243. The highest BCUT2D eigenvalue weighted by molar-refractivity contribution is 5.76. The van der Waals surface area contributed by atoms with Gasteiger partial charge < -0.3 is 65.1 Å². The van der Waals surface area contributed by atoms with E-state index < -0.39 is 86.8 Å². The molecule has 0 aliphatic carbocycles. The highest BCUT2D eigenvalue weighted by Crippen LogP contribution is 2.30. The summed E-state index contributed by atoms with van der Waals surface area (Å²) in [5.41, 5.74) is 0. The van der Waals surface area contributed by atoms with E-state index in [0.29, 0.717) is 6.42 Å². The SMILES string of the molecule is CC/C=C\C/C=C\C/C=C\C/C=C\C/C=C\C/C=C\C/C=C\CCCCCCCCCCCCCCCCCCCCCC(=O)NC(COC1OC(CO)C(OC2OC(CO)C(O)C(O)C2O)C(O)C1O)C(O)/C=C/CCCCCCCC. The van der Waals surface area contributed by atoms with Crippen LogP contribution in [0.2, 0.25) is 0 Å². The van der Waals surface area contributed by atoms with Crippen molar-refractivity contribution < 1.29 is 64.6 Å². The second-order valence-electron chi connectivity index (χ2n) is 22.9. The summed E-state index contributed by atoms with van der Waals surface area (Å²) >= 11 is 0. The molecule has 9 N–H and O–H groups in total. The van der Waals surface area contributed by atoms with Crippen molar-refractivity contribution in [3.63, 3.8) is 0 Å². The second-order valence-corrected chi connectivity index (χ2v) is 22.9. The molecule has 1 amide bonds. The monoisotopic (exact) mass is 1170 g/mol. The number of ether oxygens (including phenoxy) is 4. The third-order valence-corrected chi connectivity index (χ3v) is 15.5. The average molecular weight is 1170 g/mol. The Labute approximate surface area is 503 Å². The molecule has 0 aromatic rings. The maximum absolute atomic E-state index is 13.2. The summed E-state index contributed by atoms with van der Waals surface area (Å²) in [6.45, 7) is 2.62. The number of hydrogen-bond donors (Lipinski definition) is 9. The number of amides is 1. The number of carbonyl (C=O) groups is 1. The van der Waals surface area contributed by atoms with Crippen LogP contribution in [0.4, 0.5) is 0 Å². The van der Waals surface area contributed by atoms with Crippen LogP contribution in [0.25, 0.3) is 0 Å². The van der Waals surface area contributed by atoms with E-state index in [1.165, 1.54) is 122 Å². The Balaban J connectivity index is 1.51. The number of nitrogens with one attached hydrogen (secondary N) is 1. The van der Waals surface area contributed by atoms with E-state index in [1.807, 2.05) is 6.08 Å². The van der Waals surface area contributed by atoms with E-state index >= 15 is 0 Å². The van der Waals surface area contributed by atoms with Crippen molar-refractivity contribution in [2.24, 2.45) is 0 Å². The predicted molar refractivity (Wildman–Crippen MR) is 336 cm³/mol. The normalized spacial score (nSPS) is 24.5. The van der Waals surface area contributed by atoms with Crippen molar-refractivity contribution in [1.29, 1.82) is 0 Å². The molecule has 14 nitrogen and oxygen atoms in total. The predicted octanol–water partition coefficient (Wildman–Crippen LogP) is 12.6. The van der Waals surface area contributed by atoms with Crippen molar-refractivity contribution in [3.8, 4) is 0 Å². The maximum Gasteiger partial charge on any atom is 0.220 e. The smallest absolute Gasteiger partial charge is 0.220 e. The van der Waals surface area contributed by atoms with Crippen molar-refractivity contribution in [1.82, 2.24) is 5.32 Å². The molecule has 2 aliphatic heterocycles. The zero-order valence-corrected chi connectivity index (χ0v) is 51.7. The molecule has 12 atom stereocenters. The van der Waals surface area contributed by atoms with Crippen LogP contribution < -0.4 is 5.32 Å².